The van der Waals surface area contributed by atoms with Gasteiger partial charge in [0.15, 0.2) is 18.9 Å². The Morgan fingerprint density at radius 2 is 0.611 bits per heavy atom. The molecule has 0 aliphatic rings. The van der Waals surface area contributed by atoms with E-state index in [0.717, 1.165) is 17.9 Å². The molecule has 0 aliphatic carbocycles. The smallest absolute Gasteiger partial charge is 0.416 e. The van der Waals surface area contributed by atoms with Crippen LogP contribution in [0.1, 0.15) is 50.1 Å². The van der Waals surface area contributed by atoms with Gasteiger partial charge in [-0.25, -0.2) is 0 Å². The average molecular weight is 1060 g/mol. The Bertz CT molecular complexity index is 2440. The minimum atomic E-state index is -6.13. The fraction of sp³-hybridized carbons (Fsp3) is 0.227. The van der Waals surface area contributed by atoms with Crippen LogP contribution >= 0.6 is 0 Å². The Labute approximate surface area is 388 Å². The largest absolute Gasteiger partial charge is 0.496 e. The molecule has 1 aromatic heterocycles. The van der Waals surface area contributed by atoms with Crippen LogP contribution in [0.3, 0.4) is 0 Å². The molecular weight excluding hydrogens is 1040 g/mol. The van der Waals surface area contributed by atoms with Crippen molar-refractivity contribution >= 4 is 28.0 Å². The molecule has 72 heavy (non-hydrogen) atoms. The highest BCUT2D eigenvalue weighted by molar-refractivity contribution is 7.20. The number of aromatic nitrogens is 2. The Morgan fingerprint density at radius 1 is 0.375 bits per heavy atom. The molecule has 0 saturated heterocycles. The van der Waals surface area contributed by atoms with Gasteiger partial charge in [-0.15, -0.1) is 0 Å². The Balaban J connectivity index is 0.000000542. The first-order valence-electron chi connectivity index (χ1n) is 19.4. The second kappa shape index (κ2) is 19.4. The topological polar surface area (TPSA) is 26.0 Å². The molecule has 388 valence electrons. The summed E-state index contributed by atoms with van der Waals surface area (Å²) in [5, 5.41) is 0. The molecule has 1 heterocycles. The van der Waals surface area contributed by atoms with E-state index in [1.165, 1.54) is 0 Å². The first-order chi connectivity index (χ1) is 32.7. The van der Waals surface area contributed by atoms with Gasteiger partial charge in [-0.05, 0) is 36.4 Å². The normalized spacial score (nSPS) is 13.4. The Kier molecular flexibility index (Phi) is 15.2. The molecule has 6 rings (SSSR count). The van der Waals surface area contributed by atoms with E-state index in [2.05, 4.69) is 15.6 Å². The number of methoxy groups -OCH3 is 1. The number of halogens is 24. The lowest BCUT2D eigenvalue weighted by atomic mass is 9.12. The third-order valence-electron chi connectivity index (χ3n) is 10.7. The van der Waals surface area contributed by atoms with Crippen LogP contribution in [0.4, 0.5) is 105 Å². The third kappa shape index (κ3) is 12.9. The molecule has 28 heteroatoms. The van der Waals surface area contributed by atoms with Gasteiger partial charge in [-0.3, -0.25) is 4.98 Å². The molecule has 0 radical (unpaired) electrons. The molecule has 0 spiro atoms. The first-order valence-corrected chi connectivity index (χ1v) is 19.4. The summed E-state index contributed by atoms with van der Waals surface area (Å²) in [5.41, 5.74) is -29.0. The van der Waals surface area contributed by atoms with E-state index in [1.807, 2.05) is 30.6 Å². The van der Waals surface area contributed by atoms with E-state index >= 15 is 0 Å². The van der Waals surface area contributed by atoms with Gasteiger partial charge in [-0.2, -0.15) is 132 Å². The van der Waals surface area contributed by atoms with Gasteiger partial charge >= 0.3 is 49.4 Å². The summed E-state index contributed by atoms with van der Waals surface area (Å²) < 4.78 is 348. The summed E-state index contributed by atoms with van der Waals surface area (Å²) in [4.78, 5) is 3.98. The van der Waals surface area contributed by atoms with E-state index in [1.54, 1.807) is 19.5 Å². The standard InChI is InChI=1S/C32H12BF24.C12H13N2O/c34-25(35,36)13-1-14(26(37,38)39)6-21(5-13)33(22-7-15(27(40,41)42)2-16(8-22)28(43,44)45,23-9-17(29(46,47)48)3-18(10-23)30(49,50)51)24-11-19(31(52,53)54)4-20(12-24)32(55,56)57;1-15-12-5-3-2-4-11(12)10-14-8-6-13-7-9-14/h1-12H;2-9H,10H2,1H3/q-1;+1. The molecule has 0 unspecified atom stereocenters. The van der Waals surface area contributed by atoms with Crippen molar-refractivity contribution in [1.82, 2.24) is 4.98 Å². The van der Waals surface area contributed by atoms with Crippen LogP contribution in [-0.2, 0) is 56.0 Å². The van der Waals surface area contributed by atoms with Crippen molar-refractivity contribution in [1.29, 1.82) is 0 Å². The molecule has 6 aromatic rings. The van der Waals surface area contributed by atoms with Gasteiger partial charge in [0.25, 0.3) is 0 Å². The number of para-hydroxylation sites is 1. The molecule has 0 bridgehead atoms. The van der Waals surface area contributed by atoms with Crippen LogP contribution in [0, 0.1) is 0 Å². The van der Waals surface area contributed by atoms with E-state index in [4.69, 9.17) is 4.74 Å². The second-order valence-corrected chi connectivity index (χ2v) is 15.5. The van der Waals surface area contributed by atoms with Crippen LogP contribution in [0.25, 0.3) is 0 Å². The van der Waals surface area contributed by atoms with Gasteiger partial charge in [0, 0.05) is 0 Å². The van der Waals surface area contributed by atoms with Gasteiger partial charge in [0.1, 0.15) is 11.9 Å². The summed E-state index contributed by atoms with van der Waals surface area (Å²) in [7, 11) is 1.69. The number of hydrogen-bond acceptors (Lipinski definition) is 2. The number of rotatable bonds is 7. The predicted octanol–water partition coefficient (Wildman–Crippen LogP) is 12.6. The highest BCUT2D eigenvalue weighted by atomic mass is 19.4. The first kappa shape index (κ1) is 56.3. The van der Waals surface area contributed by atoms with E-state index in [-0.39, 0.29) is 0 Å². The second-order valence-electron chi connectivity index (χ2n) is 15.5. The van der Waals surface area contributed by atoms with Crippen molar-refractivity contribution in [3.8, 4) is 5.75 Å². The van der Waals surface area contributed by atoms with Gasteiger partial charge < -0.3 is 4.74 Å². The van der Waals surface area contributed by atoms with Crippen LogP contribution in [0.5, 0.6) is 5.75 Å². The number of benzene rings is 5. The zero-order chi connectivity index (χ0) is 54.4. The van der Waals surface area contributed by atoms with Crippen LogP contribution in [-0.4, -0.2) is 18.2 Å². The maximum absolute atomic E-state index is 14.2. The highest BCUT2D eigenvalue weighted by Gasteiger charge is 2.47. The van der Waals surface area contributed by atoms with Crippen molar-refractivity contribution in [3.05, 3.63) is 172 Å². The summed E-state index contributed by atoms with van der Waals surface area (Å²) in [6, 6.07) is -0.794. The number of alkyl halides is 24. The molecule has 0 N–H and O–H groups in total. The van der Waals surface area contributed by atoms with E-state index in [0.29, 0.717) is 0 Å². The summed E-state index contributed by atoms with van der Waals surface area (Å²) >= 11 is 0. The summed E-state index contributed by atoms with van der Waals surface area (Å²) in [6.45, 7) is 0.798. The predicted molar refractivity (Wildman–Crippen MR) is 207 cm³/mol. The molecular formula is C44H25BF24N2O. The van der Waals surface area contributed by atoms with Gasteiger partial charge in [-0.1, -0.05) is 60.7 Å². The van der Waals surface area contributed by atoms with Crippen molar-refractivity contribution in [2.45, 2.75) is 56.0 Å². The lowest BCUT2D eigenvalue weighted by Crippen LogP contribution is -2.75. The molecule has 0 fully saturated rings. The van der Waals surface area contributed by atoms with Crippen molar-refractivity contribution in [2.75, 3.05) is 7.11 Å². The average Bonchev–Trinajstić information content (AvgIpc) is 3.25. The van der Waals surface area contributed by atoms with Crippen LogP contribution < -0.4 is 31.2 Å². The molecule has 0 amide bonds. The van der Waals surface area contributed by atoms with Crippen LogP contribution in [0.2, 0.25) is 0 Å². The Hall–Kier alpha value is -6.64. The fourth-order valence-electron chi connectivity index (χ4n) is 7.55. The zero-order valence-electron chi connectivity index (χ0n) is 35.2. The molecule has 0 atom stereocenters. The lowest BCUT2D eigenvalue weighted by molar-refractivity contribution is -0.688. The van der Waals surface area contributed by atoms with Crippen LogP contribution in [0.15, 0.2) is 122 Å². The Morgan fingerprint density at radius 3 is 0.833 bits per heavy atom. The molecule has 3 nitrogen and oxygen atoms in total. The van der Waals surface area contributed by atoms with Crippen molar-refractivity contribution in [2.24, 2.45) is 0 Å². The molecule has 0 aliphatic heterocycles. The van der Waals surface area contributed by atoms with Gasteiger partial charge in [0.2, 0.25) is 0 Å². The monoisotopic (exact) mass is 1060 g/mol. The maximum atomic E-state index is 14.2. The number of ether oxygens (including phenoxy) is 1. The van der Waals surface area contributed by atoms with E-state index in [9.17, 15) is 105 Å². The molecule has 0 saturated carbocycles. The minimum absolute atomic E-state index is 0.691. The maximum Gasteiger partial charge on any atom is 0.416 e. The summed E-state index contributed by atoms with van der Waals surface area (Å²) in [6.07, 6.45) is -47.4. The van der Waals surface area contributed by atoms with Gasteiger partial charge in [0.05, 0.1) is 69.6 Å². The highest BCUT2D eigenvalue weighted by Crippen LogP contribution is 2.41. The number of nitrogens with zero attached hydrogens (tertiary/aromatic N) is 2. The fourth-order valence-corrected chi connectivity index (χ4v) is 7.55. The quantitative estimate of drug-likeness (QED) is 0.0905. The minimum Gasteiger partial charge on any atom is -0.496 e. The zero-order valence-corrected chi connectivity index (χ0v) is 35.2. The number of hydrogen-bond donors (Lipinski definition) is 0. The van der Waals surface area contributed by atoms with Crippen molar-refractivity contribution < 1.29 is 115 Å². The lowest BCUT2D eigenvalue weighted by Gasteiger charge is -2.46. The third-order valence-corrected chi connectivity index (χ3v) is 10.7. The van der Waals surface area contributed by atoms with E-state index < -0.39 is 195 Å². The summed E-state index contributed by atoms with van der Waals surface area (Å²) in [5.74, 6) is 0.918. The molecule has 5 aromatic carbocycles. The van der Waals surface area contributed by atoms with Crippen molar-refractivity contribution in [3.63, 3.8) is 0 Å². The SMILES string of the molecule is COc1ccccc1C[n+]1ccncc1.FC(F)(F)c1cc([B-](c2cc(C(F)(F)F)cc(C(F)(F)F)c2)(c2cc(C(F)(F)F)cc(C(F)(F)F)c2)c2cc(C(F)(F)F)cc(C(F)(F)F)c2)cc(C(F)(F)F)c1.